The van der Waals surface area contributed by atoms with Crippen molar-refractivity contribution < 1.29 is 14.5 Å². The van der Waals surface area contributed by atoms with Crippen molar-refractivity contribution in [3.8, 4) is 0 Å². The van der Waals surface area contributed by atoms with Gasteiger partial charge in [0.05, 0.1) is 4.92 Å². The van der Waals surface area contributed by atoms with E-state index in [1.54, 1.807) is 7.05 Å². The van der Waals surface area contributed by atoms with Gasteiger partial charge in [-0.05, 0) is 25.0 Å². The van der Waals surface area contributed by atoms with Gasteiger partial charge in [-0.2, -0.15) is 0 Å². The Labute approximate surface area is 138 Å². The maximum Gasteiger partial charge on any atom is 0.313 e. The molecule has 0 saturated heterocycles. The monoisotopic (exact) mass is 339 g/mol. The molecular formula is C15H18ClN3O4. The lowest BCUT2D eigenvalue weighted by Gasteiger charge is -2.30. The summed E-state index contributed by atoms with van der Waals surface area (Å²) < 4.78 is 0. The Balaban J connectivity index is 2.04. The normalized spacial score (nSPS) is 15.0. The molecule has 0 atom stereocenters. The number of benzene rings is 1. The summed E-state index contributed by atoms with van der Waals surface area (Å²) in [5.41, 5.74) is -0.158. The average Bonchev–Trinajstić information content (AvgIpc) is 2.55. The van der Waals surface area contributed by atoms with Crippen LogP contribution in [0.25, 0.3) is 0 Å². The fourth-order valence-electron chi connectivity index (χ4n) is 2.71. The number of rotatable bonds is 3. The molecule has 1 N–H and O–H groups in total. The zero-order chi connectivity index (χ0) is 17.0. The van der Waals surface area contributed by atoms with Gasteiger partial charge in [0.1, 0.15) is 5.02 Å². The van der Waals surface area contributed by atoms with Gasteiger partial charge in [-0.25, -0.2) is 0 Å². The first kappa shape index (κ1) is 17.2. The number of nitrogens with zero attached hydrogens (tertiary/aromatic N) is 2. The van der Waals surface area contributed by atoms with Crippen molar-refractivity contribution in [2.24, 2.45) is 0 Å². The fourth-order valence-corrected chi connectivity index (χ4v) is 2.90. The van der Waals surface area contributed by atoms with Gasteiger partial charge < -0.3 is 10.2 Å². The number of hydrogen-bond donors (Lipinski definition) is 1. The third-order valence-corrected chi connectivity index (χ3v) is 4.36. The van der Waals surface area contributed by atoms with Crippen molar-refractivity contribution in [3.05, 3.63) is 33.3 Å². The van der Waals surface area contributed by atoms with Crippen molar-refractivity contribution in [1.29, 1.82) is 0 Å². The fraction of sp³-hybridized carbons (Fsp3) is 0.467. The van der Waals surface area contributed by atoms with Gasteiger partial charge in [0.15, 0.2) is 0 Å². The van der Waals surface area contributed by atoms with E-state index < -0.39 is 16.7 Å². The molecule has 0 heterocycles. The molecule has 1 aliphatic rings. The lowest BCUT2D eigenvalue weighted by molar-refractivity contribution is -0.384. The van der Waals surface area contributed by atoms with Gasteiger partial charge in [0, 0.05) is 24.8 Å². The quantitative estimate of drug-likeness (QED) is 0.520. The Morgan fingerprint density at radius 1 is 1.30 bits per heavy atom. The second-order valence-corrected chi connectivity index (χ2v) is 5.99. The van der Waals surface area contributed by atoms with Crippen LogP contribution in [0.3, 0.4) is 0 Å². The first-order valence-electron chi connectivity index (χ1n) is 7.42. The van der Waals surface area contributed by atoms with Gasteiger partial charge in [-0.15, -0.1) is 0 Å². The molecule has 0 radical (unpaired) electrons. The van der Waals surface area contributed by atoms with Crippen LogP contribution < -0.4 is 5.32 Å². The van der Waals surface area contributed by atoms with Gasteiger partial charge in [0.25, 0.3) is 5.69 Å². The largest absolute Gasteiger partial charge is 0.335 e. The molecule has 1 aliphatic carbocycles. The van der Waals surface area contributed by atoms with Crippen LogP contribution in [-0.2, 0) is 9.59 Å². The number of carbonyl (C=O) groups is 2. The molecule has 7 nitrogen and oxygen atoms in total. The number of nitro benzene ring substituents is 1. The minimum absolute atomic E-state index is 0.0290. The second-order valence-electron chi connectivity index (χ2n) is 5.59. The highest BCUT2D eigenvalue weighted by molar-refractivity contribution is 6.39. The van der Waals surface area contributed by atoms with E-state index in [1.807, 2.05) is 0 Å². The Bertz CT molecular complexity index is 629. The zero-order valence-electron chi connectivity index (χ0n) is 12.8. The van der Waals surface area contributed by atoms with E-state index in [-0.39, 0.29) is 22.4 Å². The van der Waals surface area contributed by atoms with Crippen molar-refractivity contribution >= 4 is 34.8 Å². The van der Waals surface area contributed by atoms with Crippen molar-refractivity contribution in [2.45, 2.75) is 38.1 Å². The van der Waals surface area contributed by atoms with Crippen molar-refractivity contribution in [3.63, 3.8) is 0 Å². The first-order valence-corrected chi connectivity index (χ1v) is 7.80. The molecule has 0 spiro atoms. The van der Waals surface area contributed by atoms with E-state index in [9.17, 15) is 19.7 Å². The molecule has 1 aromatic carbocycles. The molecule has 8 heteroatoms. The molecule has 1 fully saturated rings. The lowest BCUT2D eigenvalue weighted by Crippen LogP contribution is -2.44. The van der Waals surface area contributed by atoms with E-state index in [1.165, 1.54) is 17.0 Å². The SMILES string of the molecule is CN(C(=O)C(=O)Nc1ccc(Cl)c([N+](=O)[O-])c1)C1CCCCC1. The summed E-state index contributed by atoms with van der Waals surface area (Å²) in [6.45, 7) is 0. The summed E-state index contributed by atoms with van der Waals surface area (Å²) >= 11 is 5.71. The number of hydrogen-bond acceptors (Lipinski definition) is 4. The molecular weight excluding hydrogens is 322 g/mol. The van der Waals surface area contributed by atoms with E-state index >= 15 is 0 Å². The maximum absolute atomic E-state index is 12.2. The molecule has 2 rings (SSSR count). The highest BCUT2D eigenvalue weighted by atomic mass is 35.5. The van der Waals surface area contributed by atoms with Crippen LogP contribution in [0.1, 0.15) is 32.1 Å². The van der Waals surface area contributed by atoms with E-state index in [2.05, 4.69) is 5.32 Å². The van der Waals surface area contributed by atoms with Gasteiger partial charge >= 0.3 is 11.8 Å². The third-order valence-electron chi connectivity index (χ3n) is 4.04. The number of carbonyl (C=O) groups excluding carboxylic acids is 2. The van der Waals surface area contributed by atoms with Crippen LogP contribution in [-0.4, -0.2) is 34.7 Å². The third kappa shape index (κ3) is 4.19. The number of anilines is 1. The highest BCUT2D eigenvalue weighted by Crippen LogP contribution is 2.27. The molecule has 2 amide bonds. The summed E-state index contributed by atoms with van der Waals surface area (Å²) in [6, 6.07) is 3.93. The lowest BCUT2D eigenvalue weighted by atomic mass is 9.94. The molecule has 1 aromatic rings. The van der Waals surface area contributed by atoms with Crippen LogP contribution in [0.4, 0.5) is 11.4 Å². The predicted octanol–water partition coefficient (Wildman–Crippen LogP) is 2.98. The average molecular weight is 340 g/mol. The molecule has 124 valence electrons. The van der Waals surface area contributed by atoms with E-state index in [4.69, 9.17) is 11.6 Å². The van der Waals surface area contributed by atoms with Gasteiger partial charge in [-0.3, -0.25) is 19.7 Å². The molecule has 0 aromatic heterocycles. The van der Waals surface area contributed by atoms with Gasteiger partial charge in [-0.1, -0.05) is 30.9 Å². The molecule has 23 heavy (non-hydrogen) atoms. The molecule has 1 saturated carbocycles. The van der Waals surface area contributed by atoms with Crippen LogP contribution >= 0.6 is 11.6 Å². The van der Waals surface area contributed by atoms with Crippen LogP contribution in [0.5, 0.6) is 0 Å². The Hall–Kier alpha value is -2.15. The minimum Gasteiger partial charge on any atom is -0.335 e. The smallest absolute Gasteiger partial charge is 0.313 e. The first-order chi connectivity index (χ1) is 10.9. The molecule has 0 bridgehead atoms. The standard InChI is InChI=1S/C15H18ClN3O4/c1-18(11-5-3-2-4-6-11)15(21)14(20)17-10-7-8-12(16)13(9-10)19(22)23/h7-9,11H,2-6H2,1H3,(H,17,20). The van der Waals surface area contributed by atoms with E-state index in [0.717, 1.165) is 38.2 Å². The van der Waals surface area contributed by atoms with Crippen LogP contribution in [0.15, 0.2) is 18.2 Å². The molecule has 0 aliphatic heterocycles. The summed E-state index contributed by atoms with van der Waals surface area (Å²) in [7, 11) is 1.61. The number of halogens is 1. The Morgan fingerprint density at radius 2 is 1.96 bits per heavy atom. The number of amides is 2. The Morgan fingerprint density at radius 3 is 2.57 bits per heavy atom. The van der Waals surface area contributed by atoms with Gasteiger partial charge in [0.2, 0.25) is 0 Å². The van der Waals surface area contributed by atoms with Crippen molar-refractivity contribution in [1.82, 2.24) is 4.90 Å². The van der Waals surface area contributed by atoms with Crippen LogP contribution in [0, 0.1) is 10.1 Å². The number of nitrogens with one attached hydrogen (secondary N) is 1. The number of nitro groups is 1. The van der Waals surface area contributed by atoms with E-state index in [0.29, 0.717) is 0 Å². The Kier molecular flexibility index (Phi) is 5.54. The topological polar surface area (TPSA) is 92.6 Å². The summed E-state index contributed by atoms with van der Waals surface area (Å²) in [5, 5.41) is 13.2. The van der Waals surface area contributed by atoms with Crippen molar-refractivity contribution in [2.75, 3.05) is 12.4 Å². The predicted molar refractivity (Wildman–Crippen MR) is 86.4 cm³/mol. The summed E-state index contributed by atoms with van der Waals surface area (Å²) in [4.78, 5) is 35.9. The zero-order valence-corrected chi connectivity index (χ0v) is 13.5. The molecule has 0 unspecified atom stereocenters. The second kappa shape index (κ2) is 7.41. The number of likely N-dealkylation sites (N-methyl/N-ethyl adjacent to an activating group) is 1. The maximum atomic E-state index is 12.2. The van der Waals surface area contributed by atoms with Crippen LogP contribution in [0.2, 0.25) is 5.02 Å². The summed E-state index contributed by atoms with van der Waals surface area (Å²) in [5.74, 6) is -1.45. The summed E-state index contributed by atoms with van der Waals surface area (Å²) in [6.07, 6.45) is 5.03. The highest BCUT2D eigenvalue weighted by Gasteiger charge is 2.27. The minimum atomic E-state index is -0.810.